The largest absolute Gasteiger partial charge is 0.364 e. The molecule has 5 heteroatoms. The fourth-order valence-electron chi connectivity index (χ4n) is 1.30. The van der Waals surface area contributed by atoms with E-state index in [-0.39, 0.29) is 5.69 Å². The number of nitrogens with zero attached hydrogens (tertiary/aromatic N) is 1. The molecule has 0 saturated carbocycles. The second-order valence-electron chi connectivity index (χ2n) is 2.99. The molecule has 3 nitrogen and oxygen atoms in total. The van der Waals surface area contributed by atoms with Crippen molar-refractivity contribution in [1.82, 2.24) is 4.98 Å². The molecule has 1 aromatic heterocycles. The van der Waals surface area contributed by atoms with Crippen molar-refractivity contribution >= 4 is 44.3 Å². The maximum absolute atomic E-state index is 11.0. The highest BCUT2D eigenvalue weighted by atomic mass is 79.9. The van der Waals surface area contributed by atoms with Gasteiger partial charge in [-0.05, 0) is 28.1 Å². The van der Waals surface area contributed by atoms with Gasteiger partial charge in [0.25, 0.3) is 5.91 Å². The summed E-state index contributed by atoms with van der Waals surface area (Å²) in [5.74, 6) is -0.588. The maximum Gasteiger partial charge on any atom is 0.267 e. The van der Waals surface area contributed by atoms with E-state index in [1.807, 2.05) is 18.2 Å². The lowest BCUT2D eigenvalue weighted by Gasteiger charge is -2.03. The van der Waals surface area contributed by atoms with Gasteiger partial charge >= 0.3 is 0 Å². The van der Waals surface area contributed by atoms with Crippen molar-refractivity contribution in [3.63, 3.8) is 0 Å². The highest BCUT2D eigenvalue weighted by molar-refractivity contribution is 9.10. The number of pyridine rings is 1. The monoisotopic (exact) mass is 284 g/mol. The Balaban J connectivity index is 2.85. The number of hydrogen-bond donors (Lipinski definition) is 1. The average molecular weight is 286 g/mol. The SMILES string of the molecule is NC(=O)c1cc(Cl)c2cccc(Br)c2n1. The third-order valence-electron chi connectivity index (χ3n) is 1.99. The van der Waals surface area contributed by atoms with Gasteiger partial charge in [-0.2, -0.15) is 0 Å². The van der Waals surface area contributed by atoms with Gasteiger partial charge in [-0.25, -0.2) is 4.98 Å². The predicted molar refractivity (Wildman–Crippen MR) is 63.0 cm³/mol. The van der Waals surface area contributed by atoms with Crippen molar-refractivity contribution < 1.29 is 4.79 Å². The third kappa shape index (κ3) is 1.82. The van der Waals surface area contributed by atoms with E-state index < -0.39 is 5.91 Å². The van der Waals surface area contributed by atoms with Crippen LogP contribution in [-0.4, -0.2) is 10.9 Å². The van der Waals surface area contributed by atoms with Crippen LogP contribution in [0.1, 0.15) is 10.5 Å². The molecule has 2 rings (SSSR count). The van der Waals surface area contributed by atoms with Crippen LogP contribution in [0, 0.1) is 0 Å². The minimum Gasteiger partial charge on any atom is -0.364 e. The first-order chi connectivity index (χ1) is 7.09. The van der Waals surface area contributed by atoms with Crippen LogP contribution in [0.25, 0.3) is 10.9 Å². The van der Waals surface area contributed by atoms with Gasteiger partial charge in [-0.15, -0.1) is 0 Å². The smallest absolute Gasteiger partial charge is 0.267 e. The summed E-state index contributed by atoms with van der Waals surface area (Å²) in [4.78, 5) is 15.1. The fourth-order valence-corrected chi connectivity index (χ4v) is 2.01. The van der Waals surface area contributed by atoms with Gasteiger partial charge in [0.1, 0.15) is 5.69 Å². The summed E-state index contributed by atoms with van der Waals surface area (Å²) in [6, 6.07) is 6.99. The zero-order valence-electron chi connectivity index (χ0n) is 7.50. The van der Waals surface area contributed by atoms with Crippen molar-refractivity contribution in [2.24, 2.45) is 5.73 Å². The number of amides is 1. The molecule has 15 heavy (non-hydrogen) atoms. The summed E-state index contributed by atoms with van der Waals surface area (Å²) >= 11 is 9.35. The molecule has 0 bridgehead atoms. The van der Waals surface area contributed by atoms with E-state index in [0.717, 1.165) is 9.86 Å². The van der Waals surface area contributed by atoms with Gasteiger partial charge in [0.2, 0.25) is 0 Å². The van der Waals surface area contributed by atoms with E-state index in [1.165, 1.54) is 6.07 Å². The summed E-state index contributed by atoms with van der Waals surface area (Å²) in [6.45, 7) is 0. The lowest BCUT2D eigenvalue weighted by atomic mass is 10.2. The fraction of sp³-hybridized carbons (Fsp3) is 0. The molecule has 0 atom stereocenters. The van der Waals surface area contributed by atoms with Gasteiger partial charge in [-0.3, -0.25) is 4.79 Å². The molecule has 0 unspecified atom stereocenters. The molecule has 0 fully saturated rings. The number of carbonyl (C=O) groups excluding carboxylic acids is 1. The number of nitrogens with two attached hydrogens (primary N) is 1. The van der Waals surface area contributed by atoms with Crippen LogP contribution in [0.5, 0.6) is 0 Å². The van der Waals surface area contributed by atoms with Crippen LogP contribution >= 0.6 is 27.5 Å². The number of halogens is 2. The first-order valence-corrected chi connectivity index (χ1v) is 5.31. The Morgan fingerprint density at radius 3 is 2.87 bits per heavy atom. The minimum absolute atomic E-state index is 0.166. The van der Waals surface area contributed by atoms with E-state index in [2.05, 4.69) is 20.9 Å². The van der Waals surface area contributed by atoms with Crippen LogP contribution in [-0.2, 0) is 0 Å². The molecule has 0 saturated heterocycles. The molecule has 0 aliphatic carbocycles. The highest BCUT2D eigenvalue weighted by Crippen LogP contribution is 2.28. The van der Waals surface area contributed by atoms with Crippen LogP contribution in [0.4, 0.5) is 0 Å². The standard InChI is InChI=1S/C10H6BrClN2O/c11-6-3-1-2-5-7(12)4-8(10(13)15)14-9(5)6/h1-4H,(H2,13,15). The first-order valence-electron chi connectivity index (χ1n) is 4.14. The van der Waals surface area contributed by atoms with Crippen molar-refractivity contribution in [1.29, 1.82) is 0 Å². The molecule has 1 aromatic carbocycles. The maximum atomic E-state index is 11.0. The second kappa shape index (κ2) is 3.79. The summed E-state index contributed by atoms with van der Waals surface area (Å²) < 4.78 is 0.782. The summed E-state index contributed by atoms with van der Waals surface area (Å²) in [7, 11) is 0. The molecular formula is C10H6BrClN2O. The molecule has 0 aliphatic heterocycles. The van der Waals surface area contributed by atoms with Crippen molar-refractivity contribution in [2.45, 2.75) is 0 Å². The second-order valence-corrected chi connectivity index (χ2v) is 4.25. The number of primary amides is 1. The number of para-hydroxylation sites is 1. The molecule has 1 heterocycles. The molecule has 76 valence electrons. The zero-order chi connectivity index (χ0) is 11.0. The Labute approximate surface area is 99.4 Å². The van der Waals surface area contributed by atoms with Crippen LogP contribution in [0.15, 0.2) is 28.7 Å². The Hall–Kier alpha value is -1.13. The van der Waals surface area contributed by atoms with E-state index in [1.54, 1.807) is 0 Å². The summed E-state index contributed by atoms with van der Waals surface area (Å²) in [6.07, 6.45) is 0. The van der Waals surface area contributed by atoms with Crippen LogP contribution in [0.2, 0.25) is 5.02 Å². The Morgan fingerprint density at radius 1 is 1.47 bits per heavy atom. The predicted octanol–water partition coefficient (Wildman–Crippen LogP) is 2.75. The Morgan fingerprint density at radius 2 is 2.20 bits per heavy atom. The van der Waals surface area contributed by atoms with Gasteiger partial charge < -0.3 is 5.73 Å². The average Bonchev–Trinajstić information content (AvgIpc) is 2.19. The quantitative estimate of drug-likeness (QED) is 0.876. The Bertz CT molecular complexity index is 556. The topological polar surface area (TPSA) is 56.0 Å². The number of fused-ring (bicyclic) bond motifs is 1. The number of benzene rings is 1. The molecule has 2 N–H and O–H groups in total. The van der Waals surface area contributed by atoms with E-state index >= 15 is 0 Å². The molecule has 0 aliphatic rings. The van der Waals surface area contributed by atoms with Gasteiger partial charge in [0, 0.05) is 9.86 Å². The molecule has 0 radical (unpaired) electrons. The van der Waals surface area contributed by atoms with Crippen molar-refractivity contribution in [2.75, 3.05) is 0 Å². The van der Waals surface area contributed by atoms with Gasteiger partial charge in [0.05, 0.1) is 10.5 Å². The third-order valence-corrected chi connectivity index (χ3v) is 2.94. The summed E-state index contributed by atoms with van der Waals surface area (Å²) in [5.41, 5.74) is 5.95. The minimum atomic E-state index is -0.588. The number of carbonyl (C=O) groups is 1. The first kappa shape index (κ1) is 10.4. The molecule has 1 amide bonds. The number of aromatic nitrogens is 1. The zero-order valence-corrected chi connectivity index (χ0v) is 9.84. The highest BCUT2D eigenvalue weighted by Gasteiger charge is 2.09. The van der Waals surface area contributed by atoms with Gasteiger partial charge in [-0.1, -0.05) is 23.7 Å². The van der Waals surface area contributed by atoms with E-state index in [9.17, 15) is 4.79 Å². The lowest BCUT2D eigenvalue weighted by molar-refractivity contribution is 0.0996. The van der Waals surface area contributed by atoms with E-state index in [4.69, 9.17) is 17.3 Å². The van der Waals surface area contributed by atoms with Crippen molar-refractivity contribution in [3.8, 4) is 0 Å². The molecule has 0 spiro atoms. The van der Waals surface area contributed by atoms with Crippen LogP contribution in [0.3, 0.4) is 0 Å². The van der Waals surface area contributed by atoms with Crippen LogP contribution < -0.4 is 5.73 Å². The normalized spacial score (nSPS) is 10.5. The molecule has 2 aromatic rings. The Kier molecular flexibility index (Phi) is 2.63. The van der Waals surface area contributed by atoms with E-state index in [0.29, 0.717) is 10.5 Å². The molecular weight excluding hydrogens is 279 g/mol. The summed E-state index contributed by atoms with van der Waals surface area (Å²) in [5, 5.41) is 1.26. The van der Waals surface area contributed by atoms with Gasteiger partial charge in [0.15, 0.2) is 0 Å². The lowest BCUT2D eigenvalue weighted by Crippen LogP contribution is -2.13. The number of rotatable bonds is 1. The number of hydrogen-bond acceptors (Lipinski definition) is 2. The van der Waals surface area contributed by atoms with Crippen molar-refractivity contribution in [3.05, 3.63) is 39.5 Å².